The summed E-state index contributed by atoms with van der Waals surface area (Å²) in [6.45, 7) is 5.86. The summed E-state index contributed by atoms with van der Waals surface area (Å²) in [5.74, 6) is 1.63. The Kier molecular flexibility index (Phi) is 4.98. The standard InChI is InChI=1S/C10H13NO2.C2H6/c1-12-9-4-2-3-5-10(9)13-8-6-11-7-8;1-2/h2-5,8,11H,6-7H2,1H3;1-2H3. The van der Waals surface area contributed by atoms with Crippen LogP contribution in [0, 0.1) is 0 Å². The van der Waals surface area contributed by atoms with Crippen molar-refractivity contribution < 1.29 is 9.47 Å². The summed E-state index contributed by atoms with van der Waals surface area (Å²) in [6, 6.07) is 7.72. The molecule has 0 saturated carbocycles. The van der Waals surface area contributed by atoms with Crippen molar-refractivity contribution in [1.29, 1.82) is 0 Å². The van der Waals surface area contributed by atoms with Crippen LogP contribution in [-0.4, -0.2) is 26.3 Å². The molecule has 0 aromatic heterocycles. The molecule has 1 heterocycles. The van der Waals surface area contributed by atoms with E-state index in [0.717, 1.165) is 24.6 Å². The molecular formula is C12H19NO2. The average Bonchev–Trinajstić information content (AvgIpc) is 2.27. The Balaban J connectivity index is 0.000000531. The van der Waals surface area contributed by atoms with Crippen LogP contribution in [0.2, 0.25) is 0 Å². The molecule has 1 saturated heterocycles. The zero-order valence-electron chi connectivity index (χ0n) is 9.62. The Morgan fingerprint density at radius 3 is 2.20 bits per heavy atom. The Morgan fingerprint density at radius 2 is 1.73 bits per heavy atom. The fourth-order valence-electron chi connectivity index (χ4n) is 1.24. The Hall–Kier alpha value is -1.22. The fraction of sp³-hybridized carbons (Fsp3) is 0.500. The Labute approximate surface area is 91.4 Å². The highest BCUT2D eigenvalue weighted by molar-refractivity contribution is 5.39. The van der Waals surface area contributed by atoms with Crippen molar-refractivity contribution in [3.63, 3.8) is 0 Å². The number of ether oxygens (including phenoxy) is 2. The van der Waals surface area contributed by atoms with Crippen LogP contribution >= 0.6 is 0 Å². The summed E-state index contributed by atoms with van der Waals surface area (Å²) < 4.78 is 10.9. The van der Waals surface area contributed by atoms with Crippen LogP contribution in [0.4, 0.5) is 0 Å². The SMILES string of the molecule is CC.COc1ccccc1OC1CNC1. The van der Waals surface area contributed by atoms with E-state index >= 15 is 0 Å². The van der Waals surface area contributed by atoms with Gasteiger partial charge in [0.2, 0.25) is 0 Å². The number of hydrogen-bond donors (Lipinski definition) is 1. The first-order valence-electron chi connectivity index (χ1n) is 5.40. The van der Waals surface area contributed by atoms with Crippen molar-refractivity contribution in [3.05, 3.63) is 24.3 Å². The van der Waals surface area contributed by atoms with E-state index < -0.39 is 0 Å². The van der Waals surface area contributed by atoms with E-state index in [-0.39, 0.29) is 0 Å². The Bertz CT molecular complexity index is 285. The lowest BCUT2D eigenvalue weighted by atomic mass is 10.2. The molecule has 3 heteroatoms. The number of para-hydroxylation sites is 2. The molecule has 1 N–H and O–H groups in total. The van der Waals surface area contributed by atoms with Crippen LogP contribution in [0.3, 0.4) is 0 Å². The van der Waals surface area contributed by atoms with E-state index in [1.165, 1.54) is 0 Å². The molecule has 0 radical (unpaired) electrons. The van der Waals surface area contributed by atoms with Crippen LogP contribution in [0.1, 0.15) is 13.8 Å². The van der Waals surface area contributed by atoms with Crippen LogP contribution in [0.15, 0.2) is 24.3 Å². The van der Waals surface area contributed by atoms with E-state index in [2.05, 4.69) is 5.32 Å². The van der Waals surface area contributed by atoms with Crippen molar-refractivity contribution in [2.24, 2.45) is 0 Å². The molecule has 0 aliphatic carbocycles. The monoisotopic (exact) mass is 209 g/mol. The summed E-state index contributed by atoms with van der Waals surface area (Å²) >= 11 is 0. The van der Waals surface area contributed by atoms with Crippen molar-refractivity contribution in [3.8, 4) is 11.5 Å². The van der Waals surface area contributed by atoms with Gasteiger partial charge in [-0.15, -0.1) is 0 Å². The van der Waals surface area contributed by atoms with Crippen molar-refractivity contribution >= 4 is 0 Å². The van der Waals surface area contributed by atoms with Crippen LogP contribution in [-0.2, 0) is 0 Å². The minimum absolute atomic E-state index is 0.302. The van der Waals surface area contributed by atoms with Gasteiger partial charge in [-0.25, -0.2) is 0 Å². The molecule has 1 aliphatic heterocycles. The van der Waals surface area contributed by atoms with E-state index in [1.54, 1.807) is 7.11 Å². The summed E-state index contributed by atoms with van der Waals surface area (Å²) in [5.41, 5.74) is 0. The molecule has 84 valence electrons. The highest BCUT2D eigenvalue weighted by Gasteiger charge is 2.19. The molecule has 3 nitrogen and oxygen atoms in total. The lowest BCUT2D eigenvalue weighted by Gasteiger charge is -2.28. The lowest BCUT2D eigenvalue weighted by molar-refractivity contribution is 0.137. The minimum atomic E-state index is 0.302. The quantitative estimate of drug-likeness (QED) is 0.826. The third kappa shape index (κ3) is 3.13. The summed E-state index contributed by atoms with van der Waals surface area (Å²) in [7, 11) is 1.65. The van der Waals surface area contributed by atoms with Gasteiger partial charge >= 0.3 is 0 Å². The van der Waals surface area contributed by atoms with Crippen LogP contribution < -0.4 is 14.8 Å². The molecule has 0 spiro atoms. The average molecular weight is 209 g/mol. The second-order valence-corrected chi connectivity index (χ2v) is 3.05. The van der Waals surface area contributed by atoms with E-state index in [1.807, 2.05) is 38.1 Å². The predicted molar refractivity (Wildman–Crippen MR) is 61.6 cm³/mol. The number of methoxy groups -OCH3 is 1. The van der Waals surface area contributed by atoms with Gasteiger partial charge in [-0.2, -0.15) is 0 Å². The summed E-state index contributed by atoms with van der Waals surface area (Å²) in [4.78, 5) is 0. The molecule has 0 amide bonds. The van der Waals surface area contributed by atoms with Crippen molar-refractivity contribution in [2.45, 2.75) is 20.0 Å². The van der Waals surface area contributed by atoms with Gasteiger partial charge in [0, 0.05) is 13.1 Å². The van der Waals surface area contributed by atoms with Crippen molar-refractivity contribution in [1.82, 2.24) is 5.32 Å². The number of nitrogens with one attached hydrogen (secondary N) is 1. The first kappa shape index (κ1) is 11.9. The molecular weight excluding hydrogens is 190 g/mol. The molecule has 2 rings (SSSR count). The van der Waals surface area contributed by atoms with Gasteiger partial charge in [0.25, 0.3) is 0 Å². The predicted octanol–water partition coefficient (Wildman–Crippen LogP) is 2.07. The van der Waals surface area contributed by atoms with Crippen LogP contribution in [0.5, 0.6) is 11.5 Å². The Morgan fingerprint density at radius 1 is 1.13 bits per heavy atom. The second kappa shape index (κ2) is 6.30. The van der Waals surface area contributed by atoms with Gasteiger partial charge in [0.1, 0.15) is 6.10 Å². The maximum Gasteiger partial charge on any atom is 0.161 e. The second-order valence-electron chi connectivity index (χ2n) is 3.05. The van der Waals surface area contributed by atoms with Gasteiger partial charge in [0.05, 0.1) is 7.11 Å². The summed E-state index contributed by atoms with van der Waals surface area (Å²) in [5, 5.41) is 3.15. The first-order chi connectivity index (χ1) is 7.40. The van der Waals surface area contributed by atoms with E-state index in [0.29, 0.717) is 6.10 Å². The van der Waals surface area contributed by atoms with E-state index in [4.69, 9.17) is 9.47 Å². The third-order valence-electron chi connectivity index (χ3n) is 2.11. The highest BCUT2D eigenvalue weighted by atomic mass is 16.5. The topological polar surface area (TPSA) is 30.5 Å². The van der Waals surface area contributed by atoms with E-state index in [9.17, 15) is 0 Å². The number of hydrogen-bond acceptors (Lipinski definition) is 3. The molecule has 1 aromatic rings. The molecule has 0 bridgehead atoms. The van der Waals surface area contributed by atoms with Crippen LogP contribution in [0.25, 0.3) is 0 Å². The van der Waals surface area contributed by atoms with Crippen molar-refractivity contribution in [2.75, 3.05) is 20.2 Å². The number of rotatable bonds is 3. The maximum absolute atomic E-state index is 5.68. The molecule has 0 unspecified atom stereocenters. The zero-order valence-corrected chi connectivity index (χ0v) is 9.62. The molecule has 0 atom stereocenters. The smallest absolute Gasteiger partial charge is 0.161 e. The highest BCUT2D eigenvalue weighted by Crippen LogP contribution is 2.27. The zero-order chi connectivity index (χ0) is 11.1. The number of benzene rings is 1. The summed E-state index contributed by atoms with van der Waals surface area (Å²) in [6.07, 6.45) is 0.302. The molecule has 15 heavy (non-hydrogen) atoms. The van der Waals surface area contributed by atoms with Gasteiger partial charge < -0.3 is 14.8 Å². The molecule has 1 aromatic carbocycles. The lowest BCUT2D eigenvalue weighted by Crippen LogP contribution is -2.50. The minimum Gasteiger partial charge on any atom is -0.493 e. The largest absolute Gasteiger partial charge is 0.493 e. The maximum atomic E-state index is 5.68. The molecule has 1 aliphatic rings. The fourth-order valence-corrected chi connectivity index (χ4v) is 1.24. The van der Waals surface area contributed by atoms with Gasteiger partial charge in [0.15, 0.2) is 11.5 Å². The molecule has 1 fully saturated rings. The van der Waals surface area contributed by atoms with Gasteiger partial charge in [-0.3, -0.25) is 0 Å². The third-order valence-corrected chi connectivity index (χ3v) is 2.11. The first-order valence-corrected chi connectivity index (χ1v) is 5.40. The van der Waals surface area contributed by atoms with Gasteiger partial charge in [-0.1, -0.05) is 26.0 Å². The normalized spacial score (nSPS) is 14.6. The van der Waals surface area contributed by atoms with Gasteiger partial charge in [-0.05, 0) is 12.1 Å².